The number of rotatable bonds is 9. The second kappa shape index (κ2) is 7.72. The van der Waals surface area contributed by atoms with E-state index in [0.29, 0.717) is 35.9 Å². The lowest BCUT2D eigenvalue weighted by Gasteiger charge is -2.20. The third-order valence-electron chi connectivity index (χ3n) is 3.29. The molecule has 0 amide bonds. The number of nitrogens with one attached hydrogen (secondary N) is 1. The summed E-state index contributed by atoms with van der Waals surface area (Å²) in [4.78, 5) is 0.328. The van der Waals surface area contributed by atoms with Crippen LogP contribution in [0.4, 0.5) is 0 Å². The molecule has 120 valence electrons. The first-order valence-electron chi connectivity index (χ1n) is 7.19. The fourth-order valence-corrected chi connectivity index (χ4v) is 4.20. The van der Waals surface area contributed by atoms with Crippen LogP contribution >= 0.6 is 0 Å². The smallest absolute Gasteiger partial charge is 0.247 e. The zero-order valence-corrected chi connectivity index (χ0v) is 14.2. The first-order chi connectivity index (χ1) is 9.89. The predicted octanol–water partition coefficient (Wildman–Crippen LogP) is 1.31. The van der Waals surface area contributed by atoms with E-state index in [-0.39, 0.29) is 0 Å². The molecule has 6 nitrogen and oxygen atoms in total. The first-order valence-corrected chi connectivity index (χ1v) is 8.63. The fraction of sp³-hybridized carbons (Fsp3) is 0.643. The fourth-order valence-electron chi connectivity index (χ4n) is 2.32. The highest BCUT2D eigenvalue weighted by molar-refractivity contribution is 7.89. The molecule has 0 spiro atoms. The average Bonchev–Trinajstić information content (AvgIpc) is 2.71. The van der Waals surface area contributed by atoms with Gasteiger partial charge in [-0.05, 0) is 27.3 Å². The Morgan fingerprint density at radius 2 is 2.10 bits per heavy atom. The summed E-state index contributed by atoms with van der Waals surface area (Å²) in [6.07, 6.45) is 2.38. The summed E-state index contributed by atoms with van der Waals surface area (Å²) in [6.45, 7) is 11.3. The van der Waals surface area contributed by atoms with Crippen LogP contribution in [-0.2, 0) is 16.6 Å². The minimum Gasteiger partial charge on any atom is -0.318 e. The van der Waals surface area contributed by atoms with Gasteiger partial charge in [-0.3, -0.25) is 4.68 Å². The maximum absolute atomic E-state index is 12.9. The quantitative estimate of drug-likeness (QED) is 0.698. The first kappa shape index (κ1) is 17.9. The van der Waals surface area contributed by atoms with E-state index in [1.54, 1.807) is 24.6 Å². The molecule has 1 heterocycles. The zero-order valence-electron chi connectivity index (χ0n) is 13.4. The van der Waals surface area contributed by atoms with Gasteiger partial charge in [-0.25, -0.2) is 8.42 Å². The van der Waals surface area contributed by atoms with Crippen LogP contribution in [0.2, 0.25) is 0 Å². The minimum absolute atomic E-state index is 0.316. The average molecular weight is 314 g/mol. The van der Waals surface area contributed by atoms with E-state index in [9.17, 15) is 8.42 Å². The number of likely N-dealkylation sites (N-methyl/N-ethyl adjacent to an activating group) is 1. The summed E-state index contributed by atoms with van der Waals surface area (Å²) in [5.41, 5.74) is 1.24. The van der Waals surface area contributed by atoms with E-state index < -0.39 is 10.0 Å². The molecular weight excluding hydrogens is 288 g/mol. The van der Waals surface area contributed by atoms with Gasteiger partial charge in [0.25, 0.3) is 0 Å². The molecule has 0 fully saturated rings. The maximum Gasteiger partial charge on any atom is 0.247 e. The van der Waals surface area contributed by atoms with Crippen molar-refractivity contribution in [3.8, 4) is 0 Å². The summed E-state index contributed by atoms with van der Waals surface area (Å²) in [6, 6.07) is 0. The van der Waals surface area contributed by atoms with E-state index in [1.165, 1.54) is 4.31 Å². The van der Waals surface area contributed by atoms with Crippen molar-refractivity contribution in [3.63, 3.8) is 0 Å². The van der Waals surface area contributed by atoms with E-state index >= 15 is 0 Å². The molecule has 1 N–H and O–H groups in total. The minimum atomic E-state index is -3.53. The summed E-state index contributed by atoms with van der Waals surface area (Å²) in [5.74, 6) is 0. The topological polar surface area (TPSA) is 67.2 Å². The normalized spacial score (nSPS) is 12.0. The van der Waals surface area contributed by atoms with Crippen LogP contribution in [0.25, 0.3) is 0 Å². The second-order valence-corrected chi connectivity index (χ2v) is 6.85. The van der Waals surface area contributed by atoms with Crippen molar-refractivity contribution in [1.82, 2.24) is 19.4 Å². The molecule has 1 aromatic heterocycles. The molecule has 0 aliphatic carbocycles. The van der Waals surface area contributed by atoms with Gasteiger partial charge < -0.3 is 5.32 Å². The summed E-state index contributed by atoms with van der Waals surface area (Å²) in [5, 5.41) is 7.40. The molecule has 0 saturated carbocycles. The number of sulfonamides is 1. The van der Waals surface area contributed by atoms with Crippen LogP contribution in [0.15, 0.2) is 17.6 Å². The van der Waals surface area contributed by atoms with E-state index in [0.717, 1.165) is 13.0 Å². The Bertz CT molecular complexity index is 578. The van der Waals surface area contributed by atoms with Crippen LogP contribution < -0.4 is 5.32 Å². The van der Waals surface area contributed by atoms with Crippen molar-refractivity contribution >= 4 is 10.0 Å². The molecule has 0 aliphatic heterocycles. The highest BCUT2D eigenvalue weighted by atomic mass is 32.2. The largest absolute Gasteiger partial charge is 0.318 e. The van der Waals surface area contributed by atoms with Gasteiger partial charge in [-0.2, -0.15) is 9.40 Å². The number of aryl methyl sites for hydroxylation is 1. The Kier molecular flexibility index (Phi) is 6.57. The van der Waals surface area contributed by atoms with Crippen molar-refractivity contribution in [2.45, 2.75) is 38.6 Å². The van der Waals surface area contributed by atoms with Gasteiger partial charge in [0.1, 0.15) is 4.90 Å². The van der Waals surface area contributed by atoms with Crippen LogP contribution in [0.5, 0.6) is 0 Å². The Hall–Kier alpha value is -1.18. The van der Waals surface area contributed by atoms with Gasteiger partial charge in [0, 0.05) is 19.6 Å². The lowest BCUT2D eigenvalue weighted by molar-refractivity contribution is 0.440. The molecular formula is C14H26N4O2S. The number of nitrogens with zero attached hydrogens (tertiary/aromatic N) is 3. The van der Waals surface area contributed by atoms with Gasteiger partial charge in [0.2, 0.25) is 10.0 Å². The van der Waals surface area contributed by atoms with Gasteiger partial charge in [-0.1, -0.05) is 13.0 Å². The lowest BCUT2D eigenvalue weighted by atomic mass is 10.4. The van der Waals surface area contributed by atoms with Gasteiger partial charge >= 0.3 is 0 Å². The Labute approximate surface area is 127 Å². The van der Waals surface area contributed by atoms with Gasteiger partial charge in [0.15, 0.2) is 0 Å². The third-order valence-corrected chi connectivity index (χ3v) is 5.41. The zero-order chi connectivity index (χ0) is 16.0. The third kappa shape index (κ3) is 3.93. The molecule has 1 rings (SSSR count). The van der Waals surface area contributed by atoms with Gasteiger partial charge in [-0.15, -0.1) is 6.58 Å². The number of hydrogen-bond donors (Lipinski definition) is 1. The molecule has 1 aromatic rings. The number of aromatic nitrogens is 2. The van der Waals surface area contributed by atoms with Crippen molar-refractivity contribution in [1.29, 1.82) is 0 Å². The highest BCUT2D eigenvalue weighted by Gasteiger charge is 2.29. The summed E-state index contributed by atoms with van der Waals surface area (Å²) >= 11 is 0. The van der Waals surface area contributed by atoms with Crippen molar-refractivity contribution in [2.75, 3.05) is 26.7 Å². The highest BCUT2D eigenvalue weighted by Crippen LogP contribution is 2.23. The maximum atomic E-state index is 12.9. The van der Waals surface area contributed by atoms with E-state index in [2.05, 4.69) is 17.0 Å². The Morgan fingerprint density at radius 3 is 2.62 bits per heavy atom. The molecule has 21 heavy (non-hydrogen) atoms. The van der Waals surface area contributed by atoms with Gasteiger partial charge in [0.05, 0.1) is 17.9 Å². The van der Waals surface area contributed by atoms with Crippen LogP contribution in [0.3, 0.4) is 0 Å². The van der Waals surface area contributed by atoms with Crippen LogP contribution in [0.1, 0.15) is 24.7 Å². The molecule has 0 bridgehead atoms. The van der Waals surface area contributed by atoms with Crippen LogP contribution in [0, 0.1) is 13.8 Å². The monoisotopic (exact) mass is 314 g/mol. The Morgan fingerprint density at radius 1 is 1.43 bits per heavy atom. The lowest BCUT2D eigenvalue weighted by Crippen LogP contribution is -2.32. The molecule has 0 unspecified atom stereocenters. The molecule has 0 saturated heterocycles. The molecule has 0 radical (unpaired) electrons. The summed E-state index contributed by atoms with van der Waals surface area (Å²) in [7, 11) is -1.68. The van der Waals surface area contributed by atoms with Crippen LogP contribution in [-0.4, -0.2) is 49.2 Å². The molecule has 7 heteroatoms. The SMILES string of the molecule is C=CCN(CCC)S(=O)(=O)c1c(C)nn(CCNC)c1C. The number of hydrogen-bond acceptors (Lipinski definition) is 4. The van der Waals surface area contributed by atoms with E-state index in [4.69, 9.17) is 0 Å². The van der Waals surface area contributed by atoms with Crippen molar-refractivity contribution in [2.24, 2.45) is 0 Å². The molecule has 0 atom stereocenters. The Balaban J connectivity index is 3.23. The summed E-state index contributed by atoms with van der Waals surface area (Å²) < 4.78 is 28.9. The van der Waals surface area contributed by atoms with Crippen molar-refractivity contribution in [3.05, 3.63) is 24.0 Å². The molecule has 0 aromatic carbocycles. The van der Waals surface area contributed by atoms with Crippen molar-refractivity contribution < 1.29 is 8.42 Å². The second-order valence-electron chi connectivity index (χ2n) is 4.98. The predicted molar refractivity (Wildman–Crippen MR) is 84.9 cm³/mol. The van der Waals surface area contributed by atoms with E-state index in [1.807, 2.05) is 14.0 Å². The molecule has 0 aliphatic rings. The standard InChI is InChI=1S/C14H26N4O2S/c1-6-9-17(10-7-2)21(19,20)14-12(3)16-18(13(14)4)11-8-15-5/h6,15H,1,7-11H2,2-5H3.